The first kappa shape index (κ1) is 20.8. The van der Waals surface area contributed by atoms with E-state index in [-0.39, 0.29) is 0 Å². The molecule has 0 aliphatic carbocycles. The molecule has 9 nitrogen and oxygen atoms in total. The molecule has 2 aliphatic heterocycles. The summed E-state index contributed by atoms with van der Waals surface area (Å²) in [7, 11) is 1.49. The van der Waals surface area contributed by atoms with Crippen LogP contribution in [0.25, 0.3) is 0 Å². The largest absolute Gasteiger partial charge is 0.399 e. The van der Waals surface area contributed by atoms with Crippen LogP contribution in [-0.2, 0) is 4.84 Å². The molecular weight excluding hydrogens is 392 g/mol. The third kappa shape index (κ3) is 4.82. The minimum absolute atomic E-state index is 0.386. The molecule has 0 atom stereocenters. The Morgan fingerprint density at radius 1 is 1.06 bits per heavy atom. The van der Waals surface area contributed by atoms with Crippen LogP contribution in [0, 0.1) is 0 Å². The van der Waals surface area contributed by atoms with E-state index in [9.17, 15) is 0 Å². The lowest BCUT2D eigenvalue weighted by Crippen LogP contribution is -2.47. The van der Waals surface area contributed by atoms with E-state index >= 15 is 0 Å². The molecule has 31 heavy (non-hydrogen) atoms. The molecule has 0 radical (unpaired) electrons. The van der Waals surface area contributed by atoms with Crippen LogP contribution < -0.4 is 20.9 Å². The number of nitrogens with zero attached hydrogens (tertiary/aromatic N) is 6. The van der Waals surface area contributed by atoms with E-state index in [4.69, 9.17) is 10.6 Å². The zero-order valence-corrected chi connectivity index (χ0v) is 18.0. The Labute approximate surface area is 183 Å². The summed E-state index contributed by atoms with van der Waals surface area (Å²) in [5.74, 6) is 2.05. The first-order chi connectivity index (χ1) is 15.2. The first-order valence-corrected chi connectivity index (χ1v) is 10.6. The predicted molar refractivity (Wildman–Crippen MR) is 125 cm³/mol. The average Bonchev–Trinajstić information content (AvgIpc) is 3.34. The number of rotatable bonds is 7. The van der Waals surface area contributed by atoms with Crippen molar-refractivity contribution in [2.45, 2.75) is 12.8 Å². The molecule has 4 rings (SSSR count). The molecule has 164 valence electrons. The molecule has 2 saturated heterocycles. The van der Waals surface area contributed by atoms with Crippen LogP contribution in [0.4, 0.5) is 23.0 Å². The molecule has 2 aromatic rings. The van der Waals surface area contributed by atoms with Crippen molar-refractivity contribution >= 4 is 29.2 Å². The predicted octanol–water partition coefficient (Wildman–Crippen LogP) is 2.34. The summed E-state index contributed by atoms with van der Waals surface area (Å²) >= 11 is 0. The van der Waals surface area contributed by atoms with Crippen LogP contribution in [0.3, 0.4) is 0 Å². The Hall–Kier alpha value is -3.49. The number of piperazine rings is 1. The summed E-state index contributed by atoms with van der Waals surface area (Å²) in [6.07, 6.45) is 5.60. The molecule has 0 saturated carbocycles. The van der Waals surface area contributed by atoms with Crippen molar-refractivity contribution in [2.75, 3.05) is 67.2 Å². The molecule has 2 fully saturated rings. The van der Waals surface area contributed by atoms with E-state index in [0.29, 0.717) is 11.4 Å². The zero-order valence-electron chi connectivity index (χ0n) is 18.0. The van der Waals surface area contributed by atoms with Crippen molar-refractivity contribution in [1.29, 1.82) is 0 Å². The van der Waals surface area contributed by atoms with Crippen LogP contribution in [0.5, 0.6) is 0 Å². The number of anilines is 4. The number of aromatic nitrogens is 2. The highest BCUT2D eigenvalue weighted by Gasteiger charge is 2.22. The minimum atomic E-state index is 0.386. The van der Waals surface area contributed by atoms with Crippen molar-refractivity contribution in [2.24, 2.45) is 5.16 Å². The van der Waals surface area contributed by atoms with E-state index in [1.54, 1.807) is 6.21 Å². The molecular formula is C22H30N8O. The van der Waals surface area contributed by atoms with Gasteiger partial charge in [-0.3, -0.25) is 0 Å². The van der Waals surface area contributed by atoms with Gasteiger partial charge in [-0.2, -0.15) is 0 Å². The Morgan fingerprint density at radius 2 is 1.77 bits per heavy atom. The highest BCUT2D eigenvalue weighted by Crippen LogP contribution is 2.24. The van der Waals surface area contributed by atoms with Crippen LogP contribution in [0.15, 0.2) is 48.1 Å². The van der Waals surface area contributed by atoms with Gasteiger partial charge in [-0.05, 0) is 37.1 Å². The van der Waals surface area contributed by atoms with E-state index in [1.165, 1.54) is 32.0 Å². The summed E-state index contributed by atoms with van der Waals surface area (Å²) in [5.41, 5.74) is 9.04. The molecule has 3 N–H and O–H groups in total. The third-order valence-electron chi connectivity index (χ3n) is 5.77. The highest BCUT2D eigenvalue weighted by molar-refractivity contribution is 5.91. The van der Waals surface area contributed by atoms with Gasteiger partial charge in [-0.1, -0.05) is 11.7 Å². The third-order valence-corrected chi connectivity index (χ3v) is 5.77. The van der Waals surface area contributed by atoms with Gasteiger partial charge in [0.05, 0.1) is 17.6 Å². The van der Waals surface area contributed by atoms with Crippen molar-refractivity contribution < 1.29 is 4.84 Å². The molecule has 0 unspecified atom stereocenters. The lowest BCUT2D eigenvalue weighted by molar-refractivity contribution is 0.215. The number of nitrogen functional groups attached to an aromatic ring is 1. The molecule has 3 heterocycles. The smallest absolute Gasteiger partial charge is 0.143 e. The maximum Gasteiger partial charge on any atom is 0.143 e. The maximum absolute atomic E-state index is 6.02. The SMILES string of the molecule is C=C(Nc1ccc(N2CCCC2)cc1)N1CCN(c2ncnc(N)c2/C=N/OC)CC1. The van der Waals surface area contributed by atoms with Gasteiger partial charge in [-0.25, -0.2) is 9.97 Å². The summed E-state index contributed by atoms with van der Waals surface area (Å²) in [4.78, 5) is 20.1. The lowest BCUT2D eigenvalue weighted by atomic mass is 10.2. The second kappa shape index (κ2) is 9.55. The Morgan fingerprint density at radius 3 is 2.45 bits per heavy atom. The number of hydrogen-bond donors (Lipinski definition) is 2. The van der Waals surface area contributed by atoms with Gasteiger partial charge < -0.3 is 30.6 Å². The van der Waals surface area contributed by atoms with E-state index < -0.39 is 0 Å². The fourth-order valence-electron chi connectivity index (χ4n) is 4.05. The minimum Gasteiger partial charge on any atom is -0.399 e. The first-order valence-electron chi connectivity index (χ1n) is 10.6. The second-order valence-electron chi connectivity index (χ2n) is 7.70. The van der Waals surface area contributed by atoms with Gasteiger partial charge in [0, 0.05) is 50.6 Å². The standard InChI is InChI=1S/C22H30N8O/c1-17(27-18-5-7-19(8-6-18)29-9-3-4-10-29)28-11-13-30(14-12-28)22-20(15-26-31-2)21(23)24-16-25-22/h5-8,15-16,27H,1,3-4,9-14H2,2H3,(H2,23,24,25)/b26-15+. The van der Waals surface area contributed by atoms with Gasteiger partial charge in [0.15, 0.2) is 0 Å². The van der Waals surface area contributed by atoms with E-state index in [1.807, 2.05) is 0 Å². The number of nitrogens with two attached hydrogens (primary N) is 1. The Kier molecular flexibility index (Phi) is 6.40. The normalized spacial score (nSPS) is 16.7. The van der Waals surface area contributed by atoms with Crippen LogP contribution in [0.1, 0.15) is 18.4 Å². The number of hydrogen-bond acceptors (Lipinski definition) is 9. The second-order valence-corrected chi connectivity index (χ2v) is 7.70. The molecule has 9 heteroatoms. The van der Waals surface area contributed by atoms with Crippen molar-refractivity contribution in [1.82, 2.24) is 14.9 Å². The van der Waals surface area contributed by atoms with Crippen molar-refractivity contribution in [3.05, 3.63) is 48.6 Å². The fraction of sp³-hybridized carbons (Fsp3) is 0.409. The molecule has 0 bridgehead atoms. The van der Waals surface area contributed by atoms with Crippen molar-refractivity contribution in [3.8, 4) is 0 Å². The topological polar surface area (TPSA) is 95.1 Å². The van der Waals surface area contributed by atoms with Gasteiger partial charge in [0.2, 0.25) is 0 Å². The molecule has 1 aromatic carbocycles. The average molecular weight is 423 g/mol. The number of oxime groups is 1. The van der Waals surface area contributed by atoms with Crippen LogP contribution in [-0.4, -0.2) is 67.5 Å². The lowest BCUT2D eigenvalue weighted by Gasteiger charge is -2.38. The fourth-order valence-corrected chi connectivity index (χ4v) is 4.05. The number of benzene rings is 1. The molecule has 2 aliphatic rings. The summed E-state index contributed by atoms with van der Waals surface area (Å²) < 4.78 is 0. The van der Waals surface area contributed by atoms with E-state index in [0.717, 1.165) is 56.6 Å². The van der Waals surface area contributed by atoms with Crippen LogP contribution in [0.2, 0.25) is 0 Å². The highest BCUT2D eigenvalue weighted by atomic mass is 16.6. The molecule has 0 amide bonds. The number of nitrogens with one attached hydrogen (secondary N) is 1. The zero-order chi connectivity index (χ0) is 21.6. The quantitative estimate of drug-likeness (QED) is 0.519. The van der Waals surface area contributed by atoms with E-state index in [2.05, 4.69) is 66.0 Å². The summed E-state index contributed by atoms with van der Waals surface area (Å²) in [5, 5.41) is 7.27. The molecule has 0 spiro atoms. The monoisotopic (exact) mass is 422 g/mol. The maximum atomic E-state index is 6.02. The Balaban J connectivity index is 1.34. The summed E-state index contributed by atoms with van der Waals surface area (Å²) in [6.45, 7) is 9.78. The van der Waals surface area contributed by atoms with Crippen LogP contribution >= 0.6 is 0 Å². The molecule has 1 aromatic heterocycles. The summed E-state index contributed by atoms with van der Waals surface area (Å²) in [6, 6.07) is 8.61. The van der Waals surface area contributed by atoms with Gasteiger partial charge in [-0.15, -0.1) is 0 Å². The van der Waals surface area contributed by atoms with Gasteiger partial charge >= 0.3 is 0 Å². The van der Waals surface area contributed by atoms with Gasteiger partial charge in [0.25, 0.3) is 0 Å². The van der Waals surface area contributed by atoms with Gasteiger partial charge in [0.1, 0.15) is 25.1 Å². The van der Waals surface area contributed by atoms with Crippen molar-refractivity contribution in [3.63, 3.8) is 0 Å². The Bertz CT molecular complexity index is 916.